The fourth-order valence-corrected chi connectivity index (χ4v) is 2.24. The standard InChI is InChI=1S/C14H8Br2ClN3O3/c1-8(21)14(15,16)20-13(22)12(17)11(7-19-20)23-10-4-2-9(6-18)3-5-10/h2-5,7H,1H3. The number of benzene rings is 1. The molecule has 0 atom stereocenters. The van der Waals surface area contributed by atoms with Gasteiger partial charge in [0.25, 0.3) is 5.56 Å². The lowest BCUT2D eigenvalue weighted by atomic mass is 10.2. The highest BCUT2D eigenvalue weighted by atomic mass is 79.9. The number of halogens is 3. The first-order valence-electron chi connectivity index (χ1n) is 6.12. The van der Waals surface area contributed by atoms with Crippen LogP contribution in [-0.4, -0.2) is 15.6 Å². The van der Waals surface area contributed by atoms with Crippen LogP contribution in [0.2, 0.25) is 5.02 Å². The number of carbonyl (C=O) groups excluding carboxylic acids is 1. The number of rotatable bonds is 4. The van der Waals surface area contributed by atoms with Crippen LogP contribution < -0.4 is 10.3 Å². The summed E-state index contributed by atoms with van der Waals surface area (Å²) in [5.41, 5.74) is -0.233. The molecule has 1 heterocycles. The fraction of sp³-hybridized carbons (Fsp3) is 0.143. The number of carbonyl (C=O) groups is 1. The van der Waals surface area contributed by atoms with Crippen molar-refractivity contribution >= 4 is 49.2 Å². The van der Waals surface area contributed by atoms with Gasteiger partial charge in [0, 0.05) is 0 Å². The fourth-order valence-electron chi connectivity index (χ4n) is 1.56. The number of Topliss-reactive ketones (excluding diaryl/α,β-unsaturated/α-hetero) is 1. The van der Waals surface area contributed by atoms with Crippen molar-refractivity contribution < 1.29 is 9.53 Å². The molecule has 0 unspecified atom stereocenters. The van der Waals surface area contributed by atoms with Crippen LogP contribution in [0.1, 0.15) is 12.5 Å². The smallest absolute Gasteiger partial charge is 0.291 e. The van der Waals surface area contributed by atoms with E-state index in [4.69, 9.17) is 21.6 Å². The number of nitrogens with zero attached hydrogens (tertiary/aromatic N) is 3. The number of hydrogen-bond donors (Lipinski definition) is 0. The molecule has 0 spiro atoms. The summed E-state index contributed by atoms with van der Waals surface area (Å²) in [6.45, 7) is 1.28. The van der Waals surface area contributed by atoms with Crippen LogP contribution in [0.25, 0.3) is 0 Å². The Morgan fingerprint density at radius 2 is 2.00 bits per heavy atom. The van der Waals surface area contributed by atoms with Crippen molar-refractivity contribution in [3.05, 3.63) is 51.4 Å². The topological polar surface area (TPSA) is 85.0 Å². The zero-order valence-electron chi connectivity index (χ0n) is 11.6. The predicted molar refractivity (Wildman–Crippen MR) is 91.2 cm³/mol. The summed E-state index contributed by atoms with van der Waals surface area (Å²) in [6.07, 6.45) is 1.22. The predicted octanol–water partition coefficient (Wildman–Crippen LogP) is 3.55. The molecule has 0 aliphatic heterocycles. The largest absolute Gasteiger partial charge is 0.454 e. The van der Waals surface area contributed by atoms with Gasteiger partial charge in [-0.3, -0.25) is 9.59 Å². The summed E-state index contributed by atoms with van der Waals surface area (Å²) in [6, 6.07) is 8.24. The van der Waals surface area contributed by atoms with Crippen LogP contribution in [0.15, 0.2) is 35.3 Å². The van der Waals surface area contributed by atoms with Crippen molar-refractivity contribution in [2.45, 2.75) is 10.3 Å². The Labute approximate surface area is 152 Å². The number of hydrogen-bond acceptors (Lipinski definition) is 5. The van der Waals surface area contributed by atoms with E-state index >= 15 is 0 Å². The SMILES string of the molecule is CC(=O)C(Br)(Br)n1ncc(Oc2ccc(C#N)cc2)c(Cl)c1=O. The molecule has 2 aromatic rings. The molecule has 0 aliphatic rings. The van der Waals surface area contributed by atoms with Crippen molar-refractivity contribution in [2.24, 2.45) is 0 Å². The van der Waals surface area contributed by atoms with E-state index < -0.39 is 8.92 Å². The molecule has 0 saturated carbocycles. The minimum Gasteiger partial charge on any atom is -0.454 e. The number of ether oxygens (including phenoxy) is 1. The van der Waals surface area contributed by atoms with Gasteiger partial charge in [0.1, 0.15) is 5.75 Å². The molecule has 2 rings (SSSR count). The molecule has 118 valence electrons. The van der Waals surface area contributed by atoms with Crippen molar-refractivity contribution in [1.29, 1.82) is 5.26 Å². The first-order valence-corrected chi connectivity index (χ1v) is 8.09. The summed E-state index contributed by atoms with van der Waals surface area (Å²) >= 11 is 12.2. The average Bonchev–Trinajstić information content (AvgIpc) is 2.52. The third-order valence-corrected chi connectivity index (χ3v) is 4.92. The maximum Gasteiger partial charge on any atom is 0.291 e. The van der Waals surface area contributed by atoms with Crippen LogP contribution in [0.4, 0.5) is 0 Å². The lowest BCUT2D eigenvalue weighted by molar-refractivity contribution is -0.118. The molecule has 0 aliphatic carbocycles. The second-order valence-electron chi connectivity index (χ2n) is 4.38. The van der Waals surface area contributed by atoms with Crippen molar-refractivity contribution in [3.63, 3.8) is 0 Å². The average molecular weight is 461 g/mol. The van der Waals surface area contributed by atoms with Crippen molar-refractivity contribution in [2.75, 3.05) is 0 Å². The Bertz CT molecular complexity index is 857. The zero-order chi connectivity index (χ0) is 17.2. The van der Waals surface area contributed by atoms with Gasteiger partial charge in [0.15, 0.2) is 16.6 Å². The van der Waals surface area contributed by atoms with Gasteiger partial charge in [-0.25, -0.2) is 0 Å². The highest BCUT2D eigenvalue weighted by Gasteiger charge is 2.34. The molecule has 0 fully saturated rings. The zero-order valence-corrected chi connectivity index (χ0v) is 15.5. The Kier molecular flexibility index (Phi) is 5.24. The quantitative estimate of drug-likeness (QED) is 0.650. The second kappa shape index (κ2) is 6.83. The molecule has 0 bridgehead atoms. The second-order valence-corrected chi connectivity index (χ2v) is 8.11. The van der Waals surface area contributed by atoms with Gasteiger partial charge < -0.3 is 4.74 Å². The minimum atomic E-state index is -1.48. The number of aromatic nitrogens is 2. The molecule has 9 heteroatoms. The molecule has 0 saturated heterocycles. The van der Waals surface area contributed by atoms with Gasteiger partial charge in [-0.1, -0.05) is 11.6 Å². The highest BCUT2D eigenvalue weighted by molar-refractivity contribution is 9.25. The molecule has 6 nitrogen and oxygen atoms in total. The Morgan fingerprint density at radius 3 is 2.52 bits per heavy atom. The van der Waals surface area contributed by atoms with Crippen LogP contribution in [-0.2, 0) is 8.15 Å². The van der Waals surface area contributed by atoms with Gasteiger partial charge in [-0.2, -0.15) is 15.0 Å². The summed E-state index contributed by atoms with van der Waals surface area (Å²) in [5.74, 6) is 0.0428. The Morgan fingerprint density at radius 1 is 1.39 bits per heavy atom. The monoisotopic (exact) mass is 459 g/mol. The van der Waals surface area contributed by atoms with Crippen LogP contribution >= 0.6 is 43.5 Å². The van der Waals surface area contributed by atoms with E-state index in [0.717, 1.165) is 4.68 Å². The van der Waals surface area contributed by atoms with E-state index in [0.29, 0.717) is 11.3 Å². The van der Waals surface area contributed by atoms with E-state index in [1.165, 1.54) is 13.1 Å². The molecule has 23 heavy (non-hydrogen) atoms. The third kappa shape index (κ3) is 3.63. The first-order chi connectivity index (χ1) is 10.8. The normalized spacial score (nSPS) is 10.9. The van der Waals surface area contributed by atoms with Gasteiger partial charge in [-0.05, 0) is 63.0 Å². The highest BCUT2D eigenvalue weighted by Crippen LogP contribution is 2.33. The minimum absolute atomic E-state index is 0.0389. The number of ketones is 1. The summed E-state index contributed by atoms with van der Waals surface area (Å²) in [5, 5.41) is 12.4. The van der Waals surface area contributed by atoms with Crippen LogP contribution in [0.3, 0.4) is 0 Å². The summed E-state index contributed by atoms with van der Waals surface area (Å²) in [4.78, 5) is 23.8. The molecule has 1 aromatic heterocycles. The molecule has 1 aromatic carbocycles. The van der Waals surface area contributed by atoms with Crippen LogP contribution in [0, 0.1) is 11.3 Å². The van der Waals surface area contributed by atoms with Gasteiger partial charge >= 0.3 is 0 Å². The lowest BCUT2D eigenvalue weighted by Gasteiger charge is -2.19. The first kappa shape index (κ1) is 17.7. The molecular formula is C14H8Br2ClN3O3. The number of nitriles is 1. The Hall–Kier alpha value is -1.69. The molecule has 0 amide bonds. The van der Waals surface area contributed by atoms with E-state index in [1.807, 2.05) is 6.07 Å². The van der Waals surface area contributed by atoms with E-state index in [2.05, 4.69) is 37.0 Å². The maximum atomic E-state index is 12.3. The molecule has 0 radical (unpaired) electrons. The van der Waals surface area contributed by atoms with Crippen LogP contribution in [0.5, 0.6) is 11.5 Å². The number of alkyl halides is 2. The lowest BCUT2D eigenvalue weighted by Crippen LogP contribution is -2.38. The Balaban J connectivity index is 2.39. The van der Waals surface area contributed by atoms with Crippen molar-refractivity contribution in [3.8, 4) is 17.6 Å². The van der Waals surface area contributed by atoms with Gasteiger partial charge in [0.2, 0.25) is 3.36 Å². The summed E-state index contributed by atoms with van der Waals surface area (Å²) in [7, 11) is 0. The maximum absolute atomic E-state index is 12.3. The van der Waals surface area contributed by atoms with E-state index in [-0.39, 0.29) is 16.6 Å². The van der Waals surface area contributed by atoms with Gasteiger partial charge in [0.05, 0.1) is 17.8 Å². The molecular weight excluding hydrogens is 453 g/mol. The van der Waals surface area contributed by atoms with E-state index in [9.17, 15) is 9.59 Å². The third-order valence-electron chi connectivity index (χ3n) is 2.79. The van der Waals surface area contributed by atoms with Gasteiger partial charge in [-0.15, -0.1) is 0 Å². The summed E-state index contributed by atoms with van der Waals surface area (Å²) < 4.78 is 4.87. The van der Waals surface area contributed by atoms with Crippen molar-refractivity contribution in [1.82, 2.24) is 9.78 Å². The molecule has 0 N–H and O–H groups in total. The van der Waals surface area contributed by atoms with E-state index in [1.54, 1.807) is 24.3 Å².